The highest BCUT2D eigenvalue weighted by Gasteiger charge is 2.34. The zero-order valence-electron chi connectivity index (χ0n) is 22.6. The van der Waals surface area contributed by atoms with Gasteiger partial charge in [0.15, 0.2) is 27.8 Å². The number of aromatic nitrogens is 1. The van der Waals surface area contributed by atoms with Crippen LogP contribution < -0.4 is 33.8 Å². The van der Waals surface area contributed by atoms with E-state index in [4.69, 9.17) is 23.7 Å². The monoisotopic (exact) mass is 562 g/mol. The molecule has 0 aliphatic carbocycles. The number of esters is 1. The van der Waals surface area contributed by atoms with Gasteiger partial charge in [0.2, 0.25) is 0 Å². The standard InChI is InChI=1S/C30H30N2O7S/c1-5-12-37-22-11-9-20(17-24(22)35-6-2)27-26(29(34)36-7-3)18(4)31-30-32(27)28(33)25(40-30)16-19-8-10-21-23(15-19)39-14-13-38-21/h5,8-11,15-17,27H,1,6-7,12-14H2,2-4H3/b25-16-/t27-/m1/s1. The molecule has 0 spiro atoms. The van der Waals surface area contributed by atoms with Crippen LogP contribution in [0.2, 0.25) is 0 Å². The van der Waals surface area contributed by atoms with Crippen LogP contribution in [0.4, 0.5) is 0 Å². The van der Waals surface area contributed by atoms with Crippen molar-refractivity contribution in [2.75, 3.05) is 33.0 Å². The lowest BCUT2D eigenvalue weighted by atomic mass is 9.95. The Hall–Kier alpha value is -4.31. The van der Waals surface area contributed by atoms with Crippen LogP contribution in [0.25, 0.3) is 6.08 Å². The van der Waals surface area contributed by atoms with Crippen LogP contribution in [0.15, 0.2) is 70.1 Å². The van der Waals surface area contributed by atoms with Crippen LogP contribution in [-0.2, 0) is 9.53 Å². The molecular formula is C30H30N2O7S. The van der Waals surface area contributed by atoms with E-state index in [1.165, 1.54) is 11.3 Å². The summed E-state index contributed by atoms with van der Waals surface area (Å²) in [5.74, 6) is 1.81. The van der Waals surface area contributed by atoms with Crippen molar-refractivity contribution in [3.8, 4) is 23.0 Å². The van der Waals surface area contributed by atoms with Gasteiger partial charge in [0.05, 0.1) is 35.1 Å². The van der Waals surface area contributed by atoms with Gasteiger partial charge in [-0.25, -0.2) is 9.79 Å². The number of hydrogen-bond donors (Lipinski definition) is 0. The Labute approximate surface area is 235 Å². The van der Waals surface area contributed by atoms with Crippen molar-refractivity contribution >= 4 is 23.4 Å². The first-order valence-corrected chi connectivity index (χ1v) is 13.9. The van der Waals surface area contributed by atoms with Crippen LogP contribution >= 0.6 is 11.3 Å². The molecule has 1 aromatic heterocycles. The molecule has 0 saturated carbocycles. The van der Waals surface area contributed by atoms with Crippen LogP contribution in [0.3, 0.4) is 0 Å². The third-order valence-electron chi connectivity index (χ3n) is 6.32. The van der Waals surface area contributed by atoms with Crippen molar-refractivity contribution in [2.24, 2.45) is 4.99 Å². The first-order chi connectivity index (χ1) is 19.4. The van der Waals surface area contributed by atoms with Gasteiger partial charge in [-0.1, -0.05) is 36.1 Å². The summed E-state index contributed by atoms with van der Waals surface area (Å²) >= 11 is 1.26. The van der Waals surface area contributed by atoms with Gasteiger partial charge in [-0.3, -0.25) is 9.36 Å². The number of allylic oxidation sites excluding steroid dienone is 1. The Kier molecular flexibility index (Phi) is 8.06. The molecule has 0 radical (unpaired) electrons. The van der Waals surface area contributed by atoms with E-state index >= 15 is 0 Å². The number of carbonyl (C=O) groups excluding carboxylic acids is 1. The third kappa shape index (κ3) is 5.27. The van der Waals surface area contributed by atoms with Gasteiger partial charge in [-0.05, 0) is 62.2 Å². The number of rotatable bonds is 9. The molecule has 3 aromatic rings. The Morgan fingerprint density at radius 1 is 1.10 bits per heavy atom. The molecule has 0 fully saturated rings. The summed E-state index contributed by atoms with van der Waals surface area (Å²) in [6, 6.07) is 10.2. The summed E-state index contributed by atoms with van der Waals surface area (Å²) in [7, 11) is 0. The average molecular weight is 563 g/mol. The van der Waals surface area contributed by atoms with Gasteiger partial charge >= 0.3 is 5.97 Å². The molecule has 5 rings (SSSR count). The van der Waals surface area contributed by atoms with Crippen molar-refractivity contribution in [3.05, 3.63) is 91.1 Å². The number of thiazole rings is 1. The molecule has 40 heavy (non-hydrogen) atoms. The second kappa shape index (κ2) is 11.8. The van der Waals surface area contributed by atoms with E-state index in [0.717, 1.165) is 5.56 Å². The molecule has 0 N–H and O–H groups in total. The van der Waals surface area contributed by atoms with Crippen LogP contribution in [0, 0.1) is 0 Å². The molecule has 3 heterocycles. The van der Waals surface area contributed by atoms with Gasteiger partial charge < -0.3 is 23.7 Å². The Morgan fingerprint density at radius 2 is 1.90 bits per heavy atom. The number of hydrogen-bond acceptors (Lipinski definition) is 9. The predicted molar refractivity (Wildman–Crippen MR) is 151 cm³/mol. The Morgan fingerprint density at radius 3 is 2.65 bits per heavy atom. The summed E-state index contributed by atoms with van der Waals surface area (Å²) in [4.78, 5) is 32.3. The first kappa shape index (κ1) is 27.3. The number of ether oxygens (including phenoxy) is 5. The number of benzene rings is 2. The summed E-state index contributed by atoms with van der Waals surface area (Å²) < 4.78 is 30.3. The zero-order valence-corrected chi connectivity index (χ0v) is 23.4. The largest absolute Gasteiger partial charge is 0.490 e. The molecule has 0 bridgehead atoms. The summed E-state index contributed by atoms with van der Waals surface area (Å²) in [5.41, 5.74) is 1.96. The molecule has 0 amide bonds. The maximum Gasteiger partial charge on any atom is 0.338 e. The lowest BCUT2D eigenvalue weighted by Crippen LogP contribution is -2.40. The summed E-state index contributed by atoms with van der Waals surface area (Å²) in [6.07, 6.45) is 3.44. The second-order valence-corrected chi connectivity index (χ2v) is 9.95. The zero-order chi connectivity index (χ0) is 28.2. The highest BCUT2D eigenvalue weighted by Crippen LogP contribution is 2.36. The van der Waals surface area contributed by atoms with Gasteiger partial charge in [0.1, 0.15) is 19.8 Å². The lowest BCUT2D eigenvalue weighted by molar-refractivity contribution is -0.139. The molecule has 208 valence electrons. The highest BCUT2D eigenvalue weighted by atomic mass is 32.1. The quantitative estimate of drug-likeness (QED) is 0.291. The topological polar surface area (TPSA) is 97.6 Å². The summed E-state index contributed by atoms with van der Waals surface area (Å²) in [5, 5.41) is 0. The van der Waals surface area contributed by atoms with Crippen molar-refractivity contribution in [1.82, 2.24) is 4.57 Å². The molecule has 1 atom stereocenters. The molecule has 0 saturated heterocycles. The van der Waals surface area contributed by atoms with E-state index in [1.807, 2.05) is 31.2 Å². The maximum absolute atomic E-state index is 13.9. The Bertz CT molecular complexity index is 1670. The van der Waals surface area contributed by atoms with E-state index in [0.29, 0.717) is 75.6 Å². The van der Waals surface area contributed by atoms with E-state index in [-0.39, 0.29) is 12.2 Å². The lowest BCUT2D eigenvalue weighted by Gasteiger charge is -2.25. The molecular weight excluding hydrogens is 532 g/mol. The smallest absolute Gasteiger partial charge is 0.338 e. The minimum Gasteiger partial charge on any atom is -0.490 e. The van der Waals surface area contributed by atoms with E-state index in [9.17, 15) is 9.59 Å². The molecule has 0 unspecified atom stereocenters. The van der Waals surface area contributed by atoms with Crippen LogP contribution in [0.1, 0.15) is 37.9 Å². The van der Waals surface area contributed by atoms with Crippen molar-refractivity contribution in [2.45, 2.75) is 26.8 Å². The third-order valence-corrected chi connectivity index (χ3v) is 7.30. The van der Waals surface area contributed by atoms with Gasteiger partial charge in [-0.15, -0.1) is 0 Å². The fraction of sp³-hybridized carbons (Fsp3) is 0.300. The van der Waals surface area contributed by atoms with Crippen molar-refractivity contribution in [1.29, 1.82) is 0 Å². The predicted octanol–water partition coefficient (Wildman–Crippen LogP) is 3.53. The molecule has 9 nitrogen and oxygen atoms in total. The van der Waals surface area contributed by atoms with Crippen LogP contribution in [-0.4, -0.2) is 43.6 Å². The number of fused-ring (bicyclic) bond motifs is 2. The average Bonchev–Trinajstić information content (AvgIpc) is 3.25. The minimum absolute atomic E-state index is 0.190. The van der Waals surface area contributed by atoms with Gasteiger partial charge in [-0.2, -0.15) is 0 Å². The maximum atomic E-state index is 13.9. The Balaban J connectivity index is 1.67. The van der Waals surface area contributed by atoms with Crippen LogP contribution in [0.5, 0.6) is 23.0 Å². The highest BCUT2D eigenvalue weighted by molar-refractivity contribution is 7.07. The van der Waals surface area contributed by atoms with Gasteiger partial charge in [0.25, 0.3) is 5.56 Å². The van der Waals surface area contributed by atoms with Crippen molar-refractivity contribution in [3.63, 3.8) is 0 Å². The molecule has 2 aromatic carbocycles. The van der Waals surface area contributed by atoms with E-state index < -0.39 is 12.0 Å². The normalized spacial score (nSPS) is 16.2. The van der Waals surface area contributed by atoms with E-state index in [1.54, 1.807) is 42.7 Å². The molecule has 10 heteroatoms. The fourth-order valence-electron chi connectivity index (χ4n) is 4.64. The fourth-order valence-corrected chi connectivity index (χ4v) is 5.69. The van der Waals surface area contributed by atoms with Crippen molar-refractivity contribution < 1.29 is 28.5 Å². The van der Waals surface area contributed by atoms with E-state index in [2.05, 4.69) is 11.6 Å². The molecule has 2 aliphatic heterocycles. The summed E-state index contributed by atoms with van der Waals surface area (Å²) in [6.45, 7) is 10.9. The SMILES string of the molecule is C=CCOc1ccc([C@@H]2C(C(=O)OCC)=C(C)N=c3s/c(=C\c4ccc5c(c4)OCCO5)c(=O)n32)cc1OCC. The second-order valence-electron chi connectivity index (χ2n) is 8.94. The molecule has 2 aliphatic rings. The minimum atomic E-state index is -0.773. The van der Waals surface area contributed by atoms with Gasteiger partial charge in [0, 0.05) is 0 Å². The number of nitrogens with zero attached hydrogens (tertiary/aromatic N) is 2. The number of carbonyl (C=O) groups is 1. The first-order valence-electron chi connectivity index (χ1n) is 13.0.